The van der Waals surface area contributed by atoms with Crippen LogP contribution in [0.25, 0.3) is 22.0 Å². The molecule has 4 N–H and O–H groups in total. The predicted octanol–water partition coefficient (Wildman–Crippen LogP) is 5.72. The predicted molar refractivity (Wildman–Crippen MR) is 134 cm³/mol. The van der Waals surface area contributed by atoms with Crippen molar-refractivity contribution < 1.29 is 4.79 Å². The van der Waals surface area contributed by atoms with Crippen molar-refractivity contribution >= 4 is 34.3 Å². The molecule has 1 saturated carbocycles. The Labute approximate surface area is 197 Å². The number of thioether (sulfide) groups is 1. The molecule has 1 fully saturated rings. The van der Waals surface area contributed by atoms with Gasteiger partial charge in [-0.15, -0.1) is 11.8 Å². The van der Waals surface area contributed by atoms with Crippen molar-refractivity contribution in [2.24, 2.45) is 5.92 Å². The van der Waals surface area contributed by atoms with Crippen molar-refractivity contribution in [3.63, 3.8) is 0 Å². The molecule has 1 amide bonds. The van der Waals surface area contributed by atoms with Gasteiger partial charge in [0.05, 0.1) is 17.2 Å². The first kappa shape index (κ1) is 21.2. The third-order valence-electron chi connectivity index (χ3n) is 5.98. The number of carbonyl (C=O) groups excluding carboxylic acids is 1. The number of anilines is 1. The van der Waals surface area contributed by atoms with Crippen molar-refractivity contribution in [2.45, 2.75) is 24.3 Å². The number of carbonyl (C=O) groups is 1. The summed E-state index contributed by atoms with van der Waals surface area (Å²) in [5, 5.41) is 12.8. The second kappa shape index (κ2) is 9.05. The summed E-state index contributed by atoms with van der Waals surface area (Å²) in [5.41, 5.74) is 12.3. The molecule has 6 heteroatoms. The van der Waals surface area contributed by atoms with Gasteiger partial charge in [-0.2, -0.15) is 5.26 Å². The van der Waals surface area contributed by atoms with Crippen LogP contribution in [0, 0.1) is 17.2 Å². The molecule has 0 bridgehead atoms. The highest BCUT2D eigenvalue weighted by atomic mass is 32.2. The fourth-order valence-electron chi connectivity index (χ4n) is 3.79. The monoisotopic (exact) mass is 452 g/mol. The number of aromatic nitrogens is 1. The summed E-state index contributed by atoms with van der Waals surface area (Å²) in [6, 6.07) is 21.6. The molecule has 0 saturated heterocycles. The zero-order valence-electron chi connectivity index (χ0n) is 18.1. The van der Waals surface area contributed by atoms with Gasteiger partial charge in [-0.05, 0) is 71.8 Å². The van der Waals surface area contributed by atoms with Crippen LogP contribution in [0.5, 0.6) is 0 Å². The molecule has 1 aliphatic rings. The van der Waals surface area contributed by atoms with E-state index in [2.05, 4.69) is 34.6 Å². The van der Waals surface area contributed by atoms with E-state index in [9.17, 15) is 4.79 Å². The Bertz CT molecular complexity index is 1360. The largest absolute Gasteiger partial charge is 0.398 e. The van der Waals surface area contributed by atoms with E-state index in [1.165, 1.54) is 12.8 Å². The SMILES string of the molecule is N#Cc1ccc(CNC(=O)c2c[nH]c3ccc(-c4ccc(N)c(SCC5CC5)c4)cc23)cc1. The van der Waals surface area contributed by atoms with Gasteiger partial charge in [-0.3, -0.25) is 4.79 Å². The van der Waals surface area contributed by atoms with Crippen molar-refractivity contribution in [1.82, 2.24) is 10.3 Å². The first-order chi connectivity index (χ1) is 16.1. The number of nitrogens with two attached hydrogens (primary N) is 1. The number of nitriles is 1. The number of rotatable bonds is 7. The van der Waals surface area contributed by atoms with Gasteiger partial charge in [0.25, 0.3) is 5.91 Å². The minimum Gasteiger partial charge on any atom is -0.398 e. The van der Waals surface area contributed by atoms with Crippen LogP contribution in [0.1, 0.15) is 34.3 Å². The zero-order chi connectivity index (χ0) is 22.8. The highest BCUT2D eigenvalue weighted by molar-refractivity contribution is 7.99. The maximum absolute atomic E-state index is 12.9. The van der Waals surface area contributed by atoms with Crippen LogP contribution in [-0.4, -0.2) is 16.6 Å². The fraction of sp³-hybridized carbons (Fsp3) is 0.185. The number of aromatic amines is 1. The summed E-state index contributed by atoms with van der Waals surface area (Å²) in [7, 11) is 0. The molecule has 1 aromatic heterocycles. The Morgan fingerprint density at radius 2 is 1.85 bits per heavy atom. The van der Waals surface area contributed by atoms with Gasteiger partial charge >= 0.3 is 0 Å². The topological polar surface area (TPSA) is 94.7 Å². The molecule has 0 atom stereocenters. The van der Waals surface area contributed by atoms with E-state index in [1.807, 2.05) is 42.1 Å². The molecule has 0 spiro atoms. The molecule has 1 aliphatic carbocycles. The molecule has 33 heavy (non-hydrogen) atoms. The summed E-state index contributed by atoms with van der Waals surface area (Å²) < 4.78 is 0. The molecular formula is C27H24N4OS. The normalized spacial score (nSPS) is 13.1. The van der Waals surface area contributed by atoms with E-state index < -0.39 is 0 Å². The fourth-order valence-corrected chi connectivity index (χ4v) is 4.99. The molecular weight excluding hydrogens is 428 g/mol. The Morgan fingerprint density at radius 1 is 1.09 bits per heavy atom. The number of hydrogen-bond acceptors (Lipinski definition) is 4. The van der Waals surface area contributed by atoms with E-state index in [-0.39, 0.29) is 5.91 Å². The second-order valence-electron chi connectivity index (χ2n) is 8.46. The maximum atomic E-state index is 12.9. The van der Waals surface area contributed by atoms with Crippen molar-refractivity contribution in [3.8, 4) is 17.2 Å². The van der Waals surface area contributed by atoms with Crippen LogP contribution in [0.15, 0.2) is 71.8 Å². The number of H-pyrrole nitrogens is 1. The van der Waals surface area contributed by atoms with Gasteiger partial charge < -0.3 is 16.0 Å². The highest BCUT2D eigenvalue weighted by Crippen LogP contribution is 2.38. The van der Waals surface area contributed by atoms with Gasteiger partial charge in [0, 0.05) is 40.0 Å². The number of benzene rings is 3. The van der Waals surface area contributed by atoms with Crippen LogP contribution in [-0.2, 0) is 6.54 Å². The third-order valence-corrected chi connectivity index (χ3v) is 7.28. The van der Waals surface area contributed by atoms with Gasteiger partial charge in [0.2, 0.25) is 0 Å². The van der Waals surface area contributed by atoms with E-state index in [4.69, 9.17) is 11.0 Å². The van der Waals surface area contributed by atoms with Gasteiger partial charge in [0.15, 0.2) is 0 Å². The quantitative estimate of drug-likeness (QED) is 0.247. The molecule has 1 heterocycles. The smallest absolute Gasteiger partial charge is 0.253 e. The van der Waals surface area contributed by atoms with Gasteiger partial charge in [-0.25, -0.2) is 0 Å². The van der Waals surface area contributed by atoms with Crippen LogP contribution in [0.2, 0.25) is 0 Å². The molecule has 5 nitrogen and oxygen atoms in total. The maximum Gasteiger partial charge on any atom is 0.253 e. The van der Waals surface area contributed by atoms with E-state index in [0.29, 0.717) is 17.7 Å². The number of amides is 1. The summed E-state index contributed by atoms with van der Waals surface area (Å²) in [4.78, 5) is 17.2. The third kappa shape index (κ3) is 4.74. The Hall–Kier alpha value is -3.69. The average molecular weight is 453 g/mol. The Kier molecular flexibility index (Phi) is 5.80. The van der Waals surface area contributed by atoms with Crippen LogP contribution < -0.4 is 11.1 Å². The van der Waals surface area contributed by atoms with E-state index in [0.717, 1.165) is 49.8 Å². The molecule has 164 valence electrons. The lowest BCUT2D eigenvalue weighted by molar-refractivity contribution is 0.0952. The van der Waals surface area contributed by atoms with Crippen molar-refractivity contribution in [1.29, 1.82) is 5.26 Å². The lowest BCUT2D eigenvalue weighted by atomic mass is 10.0. The number of nitrogens with one attached hydrogen (secondary N) is 2. The molecule has 0 unspecified atom stereocenters. The molecule has 3 aromatic carbocycles. The van der Waals surface area contributed by atoms with E-state index >= 15 is 0 Å². The number of nitrogen functional groups attached to an aromatic ring is 1. The van der Waals surface area contributed by atoms with Gasteiger partial charge in [0.1, 0.15) is 0 Å². The standard InChI is InChI=1S/C27H24N4OS/c28-13-17-1-3-18(4-2-17)14-31-27(32)23-15-30-25-10-8-20(11-22(23)25)21-7-9-24(29)26(12-21)33-16-19-5-6-19/h1-4,7-12,15,19,30H,5-6,14,16,29H2,(H,31,32). The van der Waals surface area contributed by atoms with Crippen molar-refractivity contribution in [3.05, 3.63) is 83.6 Å². The van der Waals surface area contributed by atoms with Crippen LogP contribution in [0.3, 0.4) is 0 Å². The molecule has 4 aromatic rings. The lowest BCUT2D eigenvalue weighted by Gasteiger charge is -2.09. The minimum absolute atomic E-state index is 0.138. The Balaban J connectivity index is 1.36. The van der Waals surface area contributed by atoms with Crippen molar-refractivity contribution in [2.75, 3.05) is 11.5 Å². The molecule has 0 aliphatic heterocycles. The highest BCUT2D eigenvalue weighted by Gasteiger charge is 2.21. The zero-order valence-corrected chi connectivity index (χ0v) is 18.9. The van der Waals surface area contributed by atoms with Crippen LogP contribution in [0.4, 0.5) is 5.69 Å². The Morgan fingerprint density at radius 3 is 2.61 bits per heavy atom. The second-order valence-corrected chi connectivity index (χ2v) is 9.52. The number of nitrogens with zero attached hydrogens (tertiary/aromatic N) is 1. The number of fused-ring (bicyclic) bond motifs is 1. The first-order valence-corrected chi connectivity index (χ1v) is 12.0. The first-order valence-electron chi connectivity index (χ1n) is 11.0. The summed E-state index contributed by atoms with van der Waals surface area (Å²) in [6.07, 6.45) is 4.40. The number of hydrogen-bond donors (Lipinski definition) is 3. The van der Waals surface area contributed by atoms with Gasteiger partial charge in [-0.1, -0.05) is 24.3 Å². The minimum atomic E-state index is -0.138. The molecule has 5 rings (SSSR count). The summed E-state index contributed by atoms with van der Waals surface area (Å²) >= 11 is 1.83. The van der Waals surface area contributed by atoms with Crippen LogP contribution >= 0.6 is 11.8 Å². The summed E-state index contributed by atoms with van der Waals surface area (Å²) in [6.45, 7) is 0.399. The molecule has 0 radical (unpaired) electrons. The lowest BCUT2D eigenvalue weighted by Crippen LogP contribution is -2.22. The summed E-state index contributed by atoms with van der Waals surface area (Å²) in [5.74, 6) is 1.81. The average Bonchev–Trinajstić information content (AvgIpc) is 3.58. The van der Waals surface area contributed by atoms with E-state index in [1.54, 1.807) is 18.3 Å².